The minimum atomic E-state index is -0.596. The van der Waals surface area contributed by atoms with Gasteiger partial charge >= 0.3 is 6.09 Å². The lowest BCUT2D eigenvalue weighted by Gasteiger charge is -1.98. The second-order valence-corrected chi connectivity index (χ2v) is 5.05. The molecule has 0 radical (unpaired) electrons. The molecule has 0 fully saturated rings. The summed E-state index contributed by atoms with van der Waals surface area (Å²) in [6.07, 6.45) is 1.03. The van der Waals surface area contributed by atoms with Gasteiger partial charge in [-0.3, -0.25) is 5.32 Å². The Hall–Kier alpha value is -2.61. The van der Waals surface area contributed by atoms with Gasteiger partial charge in [-0.15, -0.1) is 0 Å². The van der Waals surface area contributed by atoms with Gasteiger partial charge in [0.05, 0.1) is 13.3 Å². The molecule has 21 heavy (non-hydrogen) atoms. The van der Waals surface area contributed by atoms with E-state index in [1.807, 2.05) is 30.3 Å². The summed E-state index contributed by atoms with van der Waals surface area (Å²) in [5, 5.41) is 3.04. The average molecular weight is 301 g/mol. The molecule has 0 saturated carbocycles. The quantitative estimate of drug-likeness (QED) is 0.722. The summed E-state index contributed by atoms with van der Waals surface area (Å²) in [6.45, 7) is 0. The van der Waals surface area contributed by atoms with Gasteiger partial charge in [0.2, 0.25) is 5.95 Å². The van der Waals surface area contributed by atoms with Crippen LogP contribution in [0.5, 0.6) is 0 Å². The van der Waals surface area contributed by atoms with Gasteiger partial charge in [-0.2, -0.15) is 4.98 Å². The van der Waals surface area contributed by atoms with E-state index >= 15 is 0 Å². The molecule has 106 valence electrons. The van der Waals surface area contributed by atoms with E-state index in [1.54, 1.807) is 6.20 Å². The molecule has 2 aromatic heterocycles. The maximum atomic E-state index is 11.1. The molecular formula is C13H11N5O2S. The Labute approximate surface area is 124 Å². The van der Waals surface area contributed by atoms with E-state index in [2.05, 4.69) is 30.0 Å². The first-order chi connectivity index (χ1) is 10.2. The lowest BCUT2D eigenvalue weighted by molar-refractivity contribution is 0.186. The van der Waals surface area contributed by atoms with Gasteiger partial charge in [0.25, 0.3) is 0 Å². The van der Waals surface area contributed by atoms with Crippen LogP contribution in [0.1, 0.15) is 0 Å². The number of hydrogen-bond donors (Lipinski definition) is 2. The van der Waals surface area contributed by atoms with Crippen LogP contribution in [0.3, 0.4) is 0 Å². The number of aromatic nitrogens is 4. The third-order valence-electron chi connectivity index (χ3n) is 2.58. The standard InChI is InChI=1S/C13H11N5O2S/c1-20-13(19)18-11-15-9-7-14-12(17-10(9)16-11)21-8-5-3-2-4-6-8/h2-7H,1H3,(H2,14,15,16,17,18,19). The van der Waals surface area contributed by atoms with Crippen molar-refractivity contribution in [3.8, 4) is 0 Å². The molecule has 1 aromatic carbocycles. The molecule has 3 rings (SSSR count). The van der Waals surface area contributed by atoms with Crippen LogP contribution in [-0.2, 0) is 4.74 Å². The van der Waals surface area contributed by atoms with Crippen LogP contribution >= 0.6 is 11.8 Å². The third kappa shape index (κ3) is 3.11. The van der Waals surface area contributed by atoms with Crippen molar-refractivity contribution < 1.29 is 9.53 Å². The Bertz CT molecular complexity index is 775. The second-order valence-electron chi connectivity index (χ2n) is 4.01. The van der Waals surface area contributed by atoms with E-state index in [9.17, 15) is 4.79 Å². The summed E-state index contributed by atoms with van der Waals surface area (Å²) >= 11 is 1.44. The van der Waals surface area contributed by atoms with Crippen molar-refractivity contribution in [2.75, 3.05) is 12.4 Å². The lowest BCUT2D eigenvalue weighted by Crippen LogP contribution is -2.11. The number of fused-ring (bicyclic) bond motifs is 1. The predicted octanol–water partition coefficient (Wildman–Crippen LogP) is 2.68. The zero-order valence-electron chi connectivity index (χ0n) is 11.0. The Balaban J connectivity index is 1.84. The fraction of sp³-hybridized carbons (Fsp3) is 0.0769. The first-order valence-electron chi connectivity index (χ1n) is 6.05. The molecule has 0 saturated heterocycles. The average Bonchev–Trinajstić information content (AvgIpc) is 2.89. The van der Waals surface area contributed by atoms with Gasteiger partial charge < -0.3 is 9.72 Å². The molecule has 1 amide bonds. The summed E-state index contributed by atoms with van der Waals surface area (Å²) < 4.78 is 4.50. The fourth-order valence-corrected chi connectivity index (χ4v) is 2.38. The first-order valence-corrected chi connectivity index (χ1v) is 6.87. The number of aromatic amines is 1. The molecular weight excluding hydrogens is 290 g/mol. The van der Waals surface area contributed by atoms with Gasteiger partial charge in [-0.25, -0.2) is 14.8 Å². The van der Waals surface area contributed by atoms with Gasteiger partial charge in [0, 0.05) is 4.90 Å². The van der Waals surface area contributed by atoms with Crippen LogP contribution in [0.4, 0.5) is 10.7 Å². The molecule has 7 nitrogen and oxygen atoms in total. The number of rotatable bonds is 3. The maximum Gasteiger partial charge on any atom is 0.413 e. The molecule has 0 unspecified atom stereocenters. The highest BCUT2D eigenvalue weighted by Crippen LogP contribution is 2.25. The van der Waals surface area contributed by atoms with E-state index in [4.69, 9.17) is 0 Å². The van der Waals surface area contributed by atoms with Gasteiger partial charge in [-0.05, 0) is 23.9 Å². The Morgan fingerprint density at radius 1 is 1.29 bits per heavy atom. The number of carbonyl (C=O) groups is 1. The summed E-state index contributed by atoms with van der Waals surface area (Å²) in [7, 11) is 1.28. The number of carbonyl (C=O) groups excluding carboxylic acids is 1. The van der Waals surface area contributed by atoms with Gasteiger partial charge in [0.1, 0.15) is 5.52 Å². The predicted molar refractivity (Wildman–Crippen MR) is 78.3 cm³/mol. The number of imidazole rings is 1. The first kappa shape index (κ1) is 13.4. The Morgan fingerprint density at radius 3 is 2.86 bits per heavy atom. The zero-order valence-corrected chi connectivity index (χ0v) is 11.8. The van der Waals surface area contributed by atoms with Crippen LogP contribution in [0.15, 0.2) is 46.6 Å². The number of ether oxygens (including phenoxy) is 1. The molecule has 8 heteroatoms. The SMILES string of the molecule is COC(=O)Nc1nc2nc(Sc3ccccc3)ncc2[nH]1. The molecule has 2 N–H and O–H groups in total. The number of nitrogens with zero attached hydrogens (tertiary/aromatic N) is 3. The Kier molecular flexibility index (Phi) is 3.69. The number of H-pyrrole nitrogens is 1. The minimum Gasteiger partial charge on any atom is -0.453 e. The maximum absolute atomic E-state index is 11.1. The van der Waals surface area contributed by atoms with E-state index in [0.717, 1.165) is 4.90 Å². The molecule has 0 atom stereocenters. The van der Waals surface area contributed by atoms with E-state index < -0.39 is 6.09 Å². The van der Waals surface area contributed by atoms with Crippen LogP contribution < -0.4 is 5.32 Å². The van der Waals surface area contributed by atoms with Crippen molar-refractivity contribution in [3.05, 3.63) is 36.5 Å². The molecule has 0 aliphatic rings. The third-order valence-corrected chi connectivity index (χ3v) is 3.46. The topological polar surface area (TPSA) is 92.8 Å². The summed E-state index contributed by atoms with van der Waals surface area (Å²) in [4.78, 5) is 27.8. The number of hydrogen-bond acceptors (Lipinski definition) is 6. The minimum absolute atomic E-state index is 0.271. The van der Waals surface area contributed by atoms with Crippen LogP contribution in [0, 0.1) is 0 Å². The van der Waals surface area contributed by atoms with Crippen molar-refractivity contribution in [2.45, 2.75) is 10.1 Å². The van der Waals surface area contributed by atoms with Crippen molar-refractivity contribution >= 4 is 35.0 Å². The highest BCUT2D eigenvalue weighted by atomic mass is 32.2. The normalized spacial score (nSPS) is 10.5. The number of anilines is 1. The van der Waals surface area contributed by atoms with Crippen molar-refractivity contribution in [3.63, 3.8) is 0 Å². The van der Waals surface area contributed by atoms with Crippen molar-refractivity contribution in [1.82, 2.24) is 19.9 Å². The largest absolute Gasteiger partial charge is 0.453 e. The summed E-state index contributed by atoms with van der Waals surface area (Å²) in [5.74, 6) is 0.271. The van der Waals surface area contributed by atoms with E-state index in [0.29, 0.717) is 16.3 Å². The molecule has 0 spiro atoms. The van der Waals surface area contributed by atoms with Crippen LogP contribution in [0.2, 0.25) is 0 Å². The summed E-state index contributed by atoms with van der Waals surface area (Å²) in [6, 6.07) is 9.81. The smallest absolute Gasteiger partial charge is 0.413 e. The van der Waals surface area contributed by atoms with Crippen molar-refractivity contribution in [2.24, 2.45) is 0 Å². The highest BCUT2D eigenvalue weighted by Gasteiger charge is 2.09. The highest BCUT2D eigenvalue weighted by molar-refractivity contribution is 7.99. The van der Waals surface area contributed by atoms with Crippen molar-refractivity contribution in [1.29, 1.82) is 0 Å². The lowest BCUT2D eigenvalue weighted by atomic mass is 10.4. The van der Waals surface area contributed by atoms with Crippen LogP contribution in [-0.4, -0.2) is 33.1 Å². The Morgan fingerprint density at radius 2 is 2.10 bits per heavy atom. The zero-order chi connectivity index (χ0) is 14.7. The molecule has 2 heterocycles. The second kappa shape index (κ2) is 5.80. The molecule has 0 bridgehead atoms. The van der Waals surface area contributed by atoms with E-state index in [1.165, 1.54) is 18.9 Å². The molecule has 0 aliphatic heterocycles. The van der Waals surface area contributed by atoms with Gasteiger partial charge in [0.15, 0.2) is 10.8 Å². The summed E-state index contributed by atoms with van der Waals surface area (Å²) in [5.41, 5.74) is 1.12. The molecule has 3 aromatic rings. The number of amides is 1. The van der Waals surface area contributed by atoms with Crippen LogP contribution in [0.25, 0.3) is 11.2 Å². The number of nitrogens with one attached hydrogen (secondary N) is 2. The molecule has 0 aliphatic carbocycles. The number of methoxy groups -OCH3 is 1. The van der Waals surface area contributed by atoms with E-state index in [-0.39, 0.29) is 5.95 Å². The van der Waals surface area contributed by atoms with Gasteiger partial charge in [-0.1, -0.05) is 18.2 Å². The number of benzene rings is 1. The monoisotopic (exact) mass is 301 g/mol. The fourth-order valence-electron chi connectivity index (χ4n) is 1.64.